The van der Waals surface area contributed by atoms with Crippen LogP contribution >= 0.6 is 43.2 Å². The molecular formula is C12H15Br2N3S. The first kappa shape index (κ1) is 14.2. The minimum absolute atomic E-state index is 0.944. The first-order chi connectivity index (χ1) is 8.75. The Bertz CT molecular complexity index is 448. The van der Waals surface area contributed by atoms with Crippen molar-refractivity contribution in [2.24, 2.45) is 0 Å². The van der Waals surface area contributed by atoms with Gasteiger partial charge in [0.25, 0.3) is 0 Å². The minimum atomic E-state index is 0.944. The van der Waals surface area contributed by atoms with Crippen molar-refractivity contribution < 1.29 is 0 Å². The molecule has 2 heterocycles. The highest BCUT2D eigenvalue weighted by atomic mass is 79.9. The van der Waals surface area contributed by atoms with Crippen LogP contribution in [0.15, 0.2) is 33.0 Å². The molecule has 0 aliphatic carbocycles. The van der Waals surface area contributed by atoms with Crippen LogP contribution in [-0.2, 0) is 13.1 Å². The van der Waals surface area contributed by atoms with E-state index in [-0.39, 0.29) is 0 Å². The number of hydrogen-bond acceptors (Lipinski definition) is 3. The first-order valence-corrected chi connectivity index (χ1v) is 8.26. The molecule has 0 saturated heterocycles. The molecule has 6 heteroatoms. The normalized spacial score (nSPS) is 11.0. The minimum Gasteiger partial charge on any atom is -0.337 e. The second-order valence-electron chi connectivity index (χ2n) is 4.02. The van der Waals surface area contributed by atoms with E-state index in [0.29, 0.717) is 0 Å². The van der Waals surface area contributed by atoms with Gasteiger partial charge in [0.1, 0.15) is 0 Å². The molecular weight excluding hydrogens is 378 g/mol. The predicted molar refractivity (Wildman–Crippen MR) is 82.9 cm³/mol. The smallest absolute Gasteiger partial charge is 0.0945 e. The average molecular weight is 393 g/mol. The third-order valence-electron chi connectivity index (χ3n) is 2.57. The molecule has 0 bridgehead atoms. The lowest BCUT2D eigenvalue weighted by atomic mass is 10.3. The van der Waals surface area contributed by atoms with Crippen LogP contribution in [-0.4, -0.2) is 16.1 Å². The maximum Gasteiger partial charge on any atom is 0.0945 e. The Hall–Kier alpha value is -0.170. The molecule has 0 aromatic carbocycles. The number of aryl methyl sites for hydroxylation is 1. The van der Waals surface area contributed by atoms with Gasteiger partial charge in [0, 0.05) is 34.8 Å². The molecule has 2 aromatic rings. The van der Waals surface area contributed by atoms with Gasteiger partial charge >= 0.3 is 0 Å². The van der Waals surface area contributed by atoms with E-state index in [4.69, 9.17) is 0 Å². The highest BCUT2D eigenvalue weighted by Gasteiger charge is 2.03. The SMILES string of the molecule is Brc1cc(CNCCCCn2ccnc2)sc1Br. The van der Waals surface area contributed by atoms with Gasteiger partial charge in [0.15, 0.2) is 0 Å². The van der Waals surface area contributed by atoms with Gasteiger partial charge in [0.2, 0.25) is 0 Å². The lowest BCUT2D eigenvalue weighted by Gasteiger charge is -2.04. The fourth-order valence-corrected chi connectivity index (χ4v) is 3.80. The number of aromatic nitrogens is 2. The number of halogens is 2. The van der Waals surface area contributed by atoms with Crippen molar-refractivity contribution in [3.8, 4) is 0 Å². The summed E-state index contributed by atoms with van der Waals surface area (Å²) in [4.78, 5) is 5.38. The zero-order valence-corrected chi connectivity index (χ0v) is 13.9. The lowest BCUT2D eigenvalue weighted by molar-refractivity contribution is 0.570. The van der Waals surface area contributed by atoms with E-state index < -0.39 is 0 Å². The number of rotatable bonds is 7. The summed E-state index contributed by atoms with van der Waals surface area (Å²) in [5.74, 6) is 0. The second kappa shape index (κ2) is 7.43. The van der Waals surface area contributed by atoms with Gasteiger partial charge in [-0.2, -0.15) is 0 Å². The van der Waals surface area contributed by atoms with E-state index in [9.17, 15) is 0 Å². The van der Waals surface area contributed by atoms with Crippen LogP contribution in [0.5, 0.6) is 0 Å². The van der Waals surface area contributed by atoms with Crippen LogP contribution in [0.25, 0.3) is 0 Å². The molecule has 2 aromatic heterocycles. The van der Waals surface area contributed by atoms with Crippen molar-refractivity contribution in [1.29, 1.82) is 0 Å². The Morgan fingerprint density at radius 2 is 2.22 bits per heavy atom. The Morgan fingerprint density at radius 3 is 2.89 bits per heavy atom. The van der Waals surface area contributed by atoms with E-state index in [0.717, 1.165) is 24.1 Å². The molecule has 0 saturated carbocycles. The fraction of sp³-hybridized carbons (Fsp3) is 0.417. The van der Waals surface area contributed by atoms with E-state index in [1.807, 2.05) is 18.7 Å². The molecule has 18 heavy (non-hydrogen) atoms. The summed E-state index contributed by atoms with van der Waals surface area (Å²) in [5, 5.41) is 3.47. The van der Waals surface area contributed by atoms with Crippen molar-refractivity contribution in [2.75, 3.05) is 6.54 Å². The maximum atomic E-state index is 4.03. The standard InChI is InChI=1S/C12H15Br2N3S/c13-11-7-10(18-12(11)14)8-15-3-1-2-5-17-6-4-16-9-17/h4,6-7,9,15H,1-3,5,8H2. The van der Waals surface area contributed by atoms with Gasteiger partial charge in [-0.25, -0.2) is 4.98 Å². The van der Waals surface area contributed by atoms with Gasteiger partial charge in [0.05, 0.1) is 10.1 Å². The molecule has 0 atom stereocenters. The summed E-state index contributed by atoms with van der Waals surface area (Å²) in [6.07, 6.45) is 8.07. The first-order valence-electron chi connectivity index (χ1n) is 5.86. The number of nitrogens with one attached hydrogen (secondary N) is 1. The third-order valence-corrected chi connectivity index (χ3v) is 5.83. The lowest BCUT2D eigenvalue weighted by Crippen LogP contribution is -2.14. The Kier molecular flexibility index (Phi) is 5.88. The van der Waals surface area contributed by atoms with Crippen LogP contribution in [0.3, 0.4) is 0 Å². The van der Waals surface area contributed by atoms with Crippen LogP contribution in [0.2, 0.25) is 0 Å². The number of imidazole rings is 1. The van der Waals surface area contributed by atoms with Crippen molar-refractivity contribution in [3.63, 3.8) is 0 Å². The molecule has 1 N–H and O–H groups in total. The largest absolute Gasteiger partial charge is 0.337 e. The zero-order chi connectivity index (χ0) is 12.8. The molecule has 0 aliphatic rings. The monoisotopic (exact) mass is 391 g/mol. The molecule has 0 amide bonds. The van der Waals surface area contributed by atoms with E-state index >= 15 is 0 Å². The van der Waals surface area contributed by atoms with Gasteiger partial charge in [-0.15, -0.1) is 11.3 Å². The second-order valence-corrected chi connectivity index (χ2v) is 7.33. The van der Waals surface area contributed by atoms with E-state index in [1.165, 1.54) is 21.5 Å². The maximum absolute atomic E-state index is 4.03. The Morgan fingerprint density at radius 1 is 1.33 bits per heavy atom. The summed E-state index contributed by atoms with van der Waals surface area (Å²) in [6.45, 7) is 3.06. The van der Waals surface area contributed by atoms with Crippen LogP contribution < -0.4 is 5.32 Å². The molecule has 0 fully saturated rings. The fourth-order valence-electron chi connectivity index (χ4n) is 1.65. The van der Waals surface area contributed by atoms with Crippen molar-refractivity contribution in [1.82, 2.24) is 14.9 Å². The predicted octanol–water partition coefficient (Wildman–Crippen LogP) is 4.04. The summed E-state index contributed by atoms with van der Waals surface area (Å²) in [5.41, 5.74) is 0. The van der Waals surface area contributed by atoms with Gasteiger partial charge in [-0.05, 0) is 57.3 Å². The van der Waals surface area contributed by atoms with Crippen LogP contribution in [0.1, 0.15) is 17.7 Å². The number of hydrogen-bond donors (Lipinski definition) is 1. The molecule has 98 valence electrons. The summed E-state index contributed by atoms with van der Waals surface area (Å²) in [7, 11) is 0. The highest BCUT2D eigenvalue weighted by Crippen LogP contribution is 2.32. The summed E-state index contributed by atoms with van der Waals surface area (Å²) >= 11 is 8.78. The van der Waals surface area contributed by atoms with Crippen molar-refractivity contribution >= 4 is 43.2 Å². The topological polar surface area (TPSA) is 29.9 Å². The molecule has 0 aliphatic heterocycles. The Balaban J connectivity index is 1.56. The van der Waals surface area contributed by atoms with E-state index in [1.54, 1.807) is 11.3 Å². The van der Waals surface area contributed by atoms with Crippen molar-refractivity contribution in [3.05, 3.63) is 37.9 Å². The molecule has 2 rings (SSSR count). The van der Waals surface area contributed by atoms with E-state index in [2.05, 4.69) is 52.8 Å². The summed E-state index contributed by atoms with van der Waals surface area (Å²) < 4.78 is 4.43. The van der Waals surface area contributed by atoms with Gasteiger partial charge < -0.3 is 9.88 Å². The highest BCUT2D eigenvalue weighted by molar-refractivity contribution is 9.13. The van der Waals surface area contributed by atoms with Gasteiger partial charge in [-0.1, -0.05) is 0 Å². The van der Waals surface area contributed by atoms with Crippen LogP contribution in [0.4, 0.5) is 0 Å². The molecule has 3 nitrogen and oxygen atoms in total. The molecule has 0 spiro atoms. The molecule has 0 radical (unpaired) electrons. The number of unbranched alkanes of at least 4 members (excludes halogenated alkanes) is 1. The average Bonchev–Trinajstić information content (AvgIpc) is 2.95. The third kappa shape index (κ3) is 4.50. The summed E-state index contributed by atoms with van der Waals surface area (Å²) in [6, 6.07) is 2.16. The Labute approximate surface area is 128 Å². The zero-order valence-electron chi connectivity index (χ0n) is 9.90. The number of nitrogens with zero attached hydrogens (tertiary/aromatic N) is 2. The van der Waals surface area contributed by atoms with Crippen molar-refractivity contribution in [2.45, 2.75) is 25.9 Å². The van der Waals surface area contributed by atoms with Gasteiger partial charge in [-0.3, -0.25) is 0 Å². The molecule has 0 unspecified atom stereocenters. The van der Waals surface area contributed by atoms with Crippen LogP contribution in [0, 0.1) is 0 Å². The quantitative estimate of drug-likeness (QED) is 0.720. The number of thiophene rings is 1.